The highest BCUT2D eigenvalue weighted by Crippen LogP contribution is 2.25. The standard InChI is InChI=1S/C22H22ClN3O3/c23-19-10-4-1-6-15(19)14-16-7-5-12-25(16)20(27)11-13-26-22(29)18-9-3-2-8-17(18)21(28)24-26/h1-4,6,8-10,16H,5,7,11-14H2,(H,24,28). The minimum absolute atomic E-state index is 0.0135. The van der Waals surface area contributed by atoms with Crippen LogP contribution in [0.2, 0.25) is 5.02 Å². The fraction of sp³-hybridized carbons (Fsp3) is 0.318. The Morgan fingerprint density at radius 2 is 1.79 bits per heavy atom. The van der Waals surface area contributed by atoms with Crippen LogP contribution in [0.4, 0.5) is 0 Å². The number of aromatic amines is 1. The first kappa shape index (κ1) is 19.5. The Bertz CT molecular complexity index is 1170. The molecule has 3 aromatic rings. The van der Waals surface area contributed by atoms with Crippen LogP contribution in [0.15, 0.2) is 58.1 Å². The highest BCUT2D eigenvalue weighted by atomic mass is 35.5. The number of nitrogens with zero attached hydrogens (tertiary/aromatic N) is 2. The molecule has 1 fully saturated rings. The van der Waals surface area contributed by atoms with Gasteiger partial charge in [0.05, 0.1) is 17.3 Å². The summed E-state index contributed by atoms with van der Waals surface area (Å²) in [5.74, 6) is -0.0135. The molecule has 1 aromatic heterocycles. The van der Waals surface area contributed by atoms with Crippen LogP contribution in [0.25, 0.3) is 10.8 Å². The average molecular weight is 412 g/mol. The fourth-order valence-corrected chi connectivity index (χ4v) is 4.26. The van der Waals surface area contributed by atoms with E-state index in [1.54, 1.807) is 24.3 Å². The molecule has 1 aliphatic heterocycles. The maximum absolute atomic E-state index is 12.8. The molecule has 0 saturated carbocycles. The lowest BCUT2D eigenvalue weighted by Crippen LogP contribution is -2.38. The van der Waals surface area contributed by atoms with Crippen LogP contribution < -0.4 is 11.1 Å². The van der Waals surface area contributed by atoms with Gasteiger partial charge in [0.15, 0.2) is 0 Å². The molecule has 0 aliphatic carbocycles. The van der Waals surface area contributed by atoms with Gasteiger partial charge in [-0.3, -0.25) is 19.5 Å². The highest BCUT2D eigenvalue weighted by Gasteiger charge is 2.29. The molecule has 4 rings (SSSR count). The molecule has 1 aliphatic rings. The molecular formula is C22H22ClN3O3. The normalized spacial score (nSPS) is 16.4. The van der Waals surface area contributed by atoms with Crippen molar-refractivity contribution in [2.45, 2.75) is 38.3 Å². The lowest BCUT2D eigenvalue weighted by molar-refractivity contribution is -0.132. The number of likely N-dealkylation sites (tertiary alicyclic amines) is 1. The van der Waals surface area contributed by atoms with Crippen molar-refractivity contribution in [3.05, 3.63) is 79.8 Å². The van der Waals surface area contributed by atoms with E-state index in [-0.39, 0.29) is 36.0 Å². The summed E-state index contributed by atoms with van der Waals surface area (Å²) in [5, 5.41) is 4.02. The smallest absolute Gasteiger partial charge is 0.273 e. The molecule has 1 N–H and O–H groups in total. The lowest BCUT2D eigenvalue weighted by Gasteiger charge is -2.25. The van der Waals surface area contributed by atoms with Crippen LogP contribution in [0.5, 0.6) is 0 Å². The van der Waals surface area contributed by atoms with Crippen molar-refractivity contribution >= 4 is 28.3 Å². The first-order valence-corrected chi connectivity index (χ1v) is 10.2. The molecule has 1 amide bonds. The number of benzene rings is 2. The third kappa shape index (κ3) is 3.98. The zero-order valence-corrected chi connectivity index (χ0v) is 16.7. The number of aryl methyl sites for hydroxylation is 1. The predicted octanol–water partition coefficient (Wildman–Crippen LogP) is 2.97. The number of carbonyl (C=O) groups excluding carboxylic acids is 1. The number of amides is 1. The fourth-order valence-electron chi connectivity index (χ4n) is 4.05. The van der Waals surface area contributed by atoms with E-state index >= 15 is 0 Å². The van der Waals surface area contributed by atoms with Crippen LogP contribution in [0.1, 0.15) is 24.8 Å². The number of fused-ring (bicyclic) bond motifs is 1. The molecule has 1 atom stereocenters. The van der Waals surface area contributed by atoms with E-state index in [2.05, 4.69) is 5.10 Å². The van der Waals surface area contributed by atoms with Crippen molar-refractivity contribution in [3.8, 4) is 0 Å². The van der Waals surface area contributed by atoms with Gasteiger partial charge in [0, 0.05) is 24.0 Å². The Kier molecular flexibility index (Phi) is 5.53. The molecule has 0 radical (unpaired) electrons. The SMILES string of the molecule is O=C(CCn1[nH]c(=O)c2ccccc2c1=O)N1CCCC1Cc1ccccc1Cl. The number of rotatable bonds is 5. The summed E-state index contributed by atoms with van der Waals surface area (Å²) in [6.45, 7) is 0.851. The summed E-state index contributed by atoms with van der Waals surface area (Å²) in [6.07, 6.45) is 2.77. The molecular weight excluding hydrogens is 390 g/mol. The topological polar surface area (TPSA) is 75.2 Å². The van der Waals surface area contributed by atoms with Gasteiger partial charge in [0.25, 0.3) is 11.1 Å². The number of aromatic nitrogens is 2. The second-order valence-corrected chi connectivity index (χ2v) is 7.78. The molecule has 7 heteroatoms. The van der Waals surface area contributed by atoms with Crippen molar-refractivity contribution in [1.29, 1.82) is 0 Å². The second kappa shape index (κ2) is 8.25. The first-order chi connectivity index (χ1) is 14.0. The summed E-state index contributed by atoms with van der Waals surface area (Å²) in [6, 6.07) is 14.5. The number of nitrogens with one attached hydrogen (secondary N) is 1. The Balaban J connectivity index is 1.48. The van der Waals surface area contributed by atoms with Crippen LogP contribution in [-0.4, -0.2) is 33.2 Å². The minimum atomic E-state index is -0.328. The van der Waals surface area contributed by atoms with E-state index in [9.17, 15) is 14.4 Å². The van der Waals surface area contributed by atoms with Crippen LogP contribution >= 0.6 is 11.6 Å². The molecule has 2 aromatic carbocycles. The van der Waals surface area contributed by atoms with E-state index < -0.39 is 0 Å². The Hall–Kier alpha value is -2.86. The number of hydrogen-bond acceptors (Lipinski definition) is 3. The average Bonchev–Trinajstić information content (AvgIpc) is 3.19. The van der Waals surface area contributed by atoms with Gasteiger partial charge in [-0.1, -0.05) is 41.9 Å². The predicted molar refractivity (Wildman–Crippen MR) is 113 cm³/mol. The highest BCUT2D eigenvalue weighted by molar-refractivity contribution is 6.31. The Labute approximate surface area is 172 Å². The maximum atomic E-state index is 12.8. The van der Waals surface area contributed by atoms with Crippen LogP contribution in [0, 0.1) is 0 Å². The Morgan fingerprint density at radius 1 is 1.07 bits per heavy atom. The van der Waals surface area contributed by atoms with E-state index in [1.165, 1.54) is 4.68 Å². The zero-order valence-electron chi connectivity index (χ0n) is 15.9. The molecule has 1 unspecified atom stereocenters. The summed E-state index contributed by atoms with van der Waals surface area (Å²) >= 11 is 6.28. The van der Waals surface area contributed by atoms with E-state index in [0.29, 0.717) is 22.3 Å². The number of H-pyrrole nitrogens is 1. The molecule has 6 nitrogen and oxygen atoms in total. The summed E-state index contributed by atoms with van der Waals surface area (Å²) < 4.78 is 1.24. The van der Waals surface area contributed by atoms with Crippen molar-refractivity contribution in [2.75, 3.05) is 6.54 Å². The maximum Gasteiger partial charge on any atom is 0.273 e. The van der Waals surface area contributed by atoms with Gasteiger partial charge in [-0.15, -0.1) is 0 Å². The second-order valence-electron chi connectivity index (χ2n) is 7.37. The third-order valence-electron chi connectivity index (χ3n) is 5.54. The van der Waals surface area contributed by atoms with E-state index in [1.807, 2.05) is 29.2 Å². The molecule has 1 saturated heterocycles. The Morgan fingerprint density at radius 3 is 2.59 bits per heavy atom. The van der Waals surface area contributed by atoms with Crippen molar-refractivity contribution in [3.63, 3.8) is 0 Å². The molecule has 2 heterocycles. The first-order valence-electron chi connectivity index (χ1n) is 9.79. The number of carbonyl (C=O) groups is 1. The summed E-state index contributed by atoms with van der Waals surface area (Å²) in [7, 11) is 0. The third-order valence-corrected chi connectivity index (χ3v) is 5.91. The van der Waals surface area contributed by atoms with Gasteiger partial charge >= 0.3 is 0 Å². The van der Waals surface area contributed by atoms with Gasteiger partial charge < -0.3 is 4.90 Å². The lowest BCUT2D eigenvalue weighted by atomic mass is 10.0. The van der Waals surface area contributed by atoms with Gasteiger partial charge in [-0.25, -0.2) is 4.68 Å². The van der Waals surface area contributed by atoms with Gasteiger partial charge in [-0.2, -0.15) is 0 Å². The van der Waals surface area contributed by atoms with Gasteiger partial charge in [-0.05, 0) is 43.0 Å². The van der Waals surface area contributed by atoms with Crippen molar-refractivity contribution in [2.24, 2.45) is 0 Å². The summed E-state index contributed by atoms with van der Waals surface area (Å²) in [5.41, 5.74) is 0.418. The van der Waals surface area contributed by atoms with Crippen molar-refractivity contribution < 1.29 is 4.79 Å². The number of hydrogen-bond donors (Lipinski definition) is 1. The van der Waals surface area contributed by atoms with E-state index in [0.717, 1.165) is 24.8 Å². The quantitative estimate of drug-likeness (QED) is 0.701. The largest absolute Gasteiger partial charge is 0.339 e. The van der Waals surface area contributed by atoms with Crippen molar-refractivity contribution in [1.82, 2.24) is 14.7 Å². The van der Waals surface area contributed by atoms with Crippen LogP contribution in [-0.2, 0) is 17.8 Å². The monoisotopic (exact) mass is 411 g/mol. The summed E-state index contributed by atoms with van der Waals surface area (Å²) in [4.78, 5) is 39.6. The van der Waals surface area contributed by atoms with Gasteiger partial charge in [0.2, 0.25) is 5.91 Å². The van der Waals surface area contributed by atoms with E-state index in [4.69, 9.17) is 11.6 Å². The van der Waals surface area contributed by atoms with Crippen LogP contribution in [0.3, 0.4) is 0 Å². The molecule has 29 heavy (non-hydrogen) atoms. The molecule has 150 valence electrons. The molecule has 0 bridgehead atoms. The molecule has 0 spiro atoms. The zero-order chi connectivity index (χ0) is 20.4. The minimum Gasteiger partial charge on any atom is -0.339 e. The number of halogens is 1. The van der Waals surface area contributed by atoms with Gasteiger partial charge in [0.1, 0.15) is 0 Å².